The molecular weight excluding hydrogens is 439 g/mol. The van der Waals surface area contributed by atoms with Crippen LogP contribution < -0.4 is 10.6 Å². The van der Waals surface area contributed by atoms with Crippen LogP contribution in [0.3, 0.4) is 0 Å². The number of piperidine rings is 1. The third kappa shape index (κ3) is 8.18. The second-order valence-corrected chi connectivity index (χ2v) is 9.47. The Kier molecular flexibility index (Phi) is 8.85. The number of urea groups is 1. The Bertz CT molecular complexity index is 1080. The number of hydrogen-bond acceptors (Lipinski definition) is 3. The predicted octanol–water partition coefficient (Wildman–Crippen LogP) is 5.39. The molecular formula is C29H35FN4O. The molecule has 0 atom stereocenters. The van der Waals surface area contributed by atoms with E-state index in [2.05, 4.69) is 50.8 Å². The van der Waals surface area contributed by atoms with Gasteiger partial charge in [0.15, 0.2) is 0 Å². The quantitative estimate of drug-likeness (QED) is 0.437. The summed E-state index contributed by atoms with van der Waals surface area (Å²) >= 11 is 0. The molecule has 0 unspecified atom stereocenters. The lowest BCUT2D eigenvalue weighted by Crippen LogP contribution is -2.40. The second-order valence-electron chi connectivity index (χ2n) is 9.47. The van der Waals surface area contributed by atoms with Gasteiger partial charge in [-0.2, -0.15) is 0 Å². The number of benzene rings is 2. The van der Waals surface area contributed by atoms with E-state index in [1.807, 2.05) is 19.1 Å². The molecule has 6 heteroatoms. The summed E-state index contributed by atoms with van der Waals surface area (Å²) in [4.78, 5) is 19.5. The summed E-state index contributed by atoms with van der Waals surface area (Å²) in [6.07, 6.45) is 5.07. The smallest absolute Gasteiger partial charge is 0.319 e. The number of nitrogens with zero attached hydrogens (tertiary/aromatic N) is 2. The number of nitrogens with one attached hydrogen (secondary N) is 2. The zero-order valence-corrected chi connectivity index (χ0v) is 20.5. The molecule has 0 bridgehead atoms. The zero-order chi connectivity index (χ0) is 24.5. The number of rotatable bonds is 9. The Morgan fingerprint density at radius 2 is 1.74 bits per heavy atom. The van der Waals surface area contributed by atoms with E-state index in [-0.39, 0.29) is 11.8 Å². The van der Waals surface area contributed by atoms with Crippen molar-refractivity contribution >= 4 is 11.7 Å². The number of aromatic nitrogens is 1. The van der Waals surface area contributed by atoms with Gasteiger partial charge in [-0.15, -0.1) is 0 Å². The molecule has 184 valence electrons. The number of pyridine rings is 1. The Morgan fingerprint density at radius 3 is 2.49 bits per heavy atom. The number of amides is 2. The largest absolute Gasteiger partial charge is 0.337 e. The van der Waals surface area contributed by atoms with Crippen molar-refractivity contribution in [2.24, 2.45) is 5.92 Å². The summed E-state index contributed by atoms with van der Waals surface area (Å²) < 4.78 is 13.1. The van der Waals surface area contributed by atoms with Gasteiger partial charge in [-0.05, 0) is 93.4 Å². The average Bonchev–Trinajstić information content (AvgIpc) is 2.85. The molecule has 1 aromatic heterocycles. The van der Waals surface area contributed by atoms with E-state index < -0.39 is 0 Å². The molecule has 2 heterocycles. The molecule has 1 fully saturated rings. The minimum Gasteiger partial charge on any atom is -0.337 e. The van der Waals surface area contributed by atoms with E-state index in [4.69, 9.17) is 0 Å². The first-order valence-electron chi connectivity index (χ1n) is 12.6. The predicted molar refractivity (Wildman–Crippen MR) is 139 cm³/mol. The van der Waals surface area contributed by atoms with Crippen LogP contribution in [0.15, 0.2) is 66.7 Å². The van der Waals surface area contributed by atoms with Gasteiger partial charge >= 0.3 is 6.03 Å². The van der Waals surface area contributed by atoms with E-state index in [0.29, 0.717) is 6.54 Å². The third-order valence-electron chi connectivity index (χ3n) is 6.64. The first-order valence-corrected chi connectivity index (χ1v) is 12.6. The number of carbonyl (C=O) groups excluding carboxylic acids is 1. The lowest BCUT2D eigenvalue weighted by atomic mass is 9.90. The minimum absolute atomic E-state index is 0.195. The molecule has 2 aromatic carbocycles. The Hall–Kier alpha value is -3.25. The number of anilines is 1. The van der Waals surface area contributed by atoms with Crippen molar-refractivity contribution in [1.29, 1.82) is 0 Å². The lowest BCUT2D eigenvalue weighted by molar-refractivity contribution is 0.184. The summed E-state index contributed by atoms with van der Waals surface area (Å²) in [5.41, 5.74) is 4.99. The summed E-state index contributed by atoms with van der Waals surface area (Å²) in [5.74, 6) is 0.518. The standard InChI is InChI=1S/C29H35FN4O/c1-22-19-28(21-27(32-22)12-9-23-7-10-26(30)11-8-23)33-29(35)31-15-18-34-16-13-25(14-17-34)20-24-5-3-2-4-6-24/h2-8,10-11,19,21,25H,9,12-18,20H2,1H3,(H2,31,32,33,35). The molecule has 2 N–H and O–H groups in total. The number of halogens is 1. The van der Waals surface area contributed by atoms with Crippen LogP contribution in [0.4, 0.5) is 14.9 Å². The van der Waals surface area contributed by atoms with Crippen LogP contribution in [0.1, 0.15) is 35.4 Å². The van der Waals surface area contributed by atoms with Crippen molar-refractivity contribution in [2.45, 2.75) is 39.0 Å². The van der Waals surface area contributed by atoms with Gasteiger partial charge in [-0.25, -0.2) is 9.18 Å². The van der Waals surface area contributed by atoms with Gasteiger partial charge in [0.1, 0.15) is 5.82 Å². The van der Waals surface area contributed by atoms with E-state index >= 15 is 0 Å². The Labute approximate surface area is 207 Å². The fourth-order valence-electron chi connectivity index (χ4n) is 4.73. The molecule has 0 spiro atoms. The summed E-state index contributed by atoms with van der Waals surface area (Å²) in [5, 5.41) is 5.93. The molecule has 35 heavy (non-hydrogen) atoms. The normalized spacial score (nSPS) is 14.6. The average molecular weight is 475 g/mol. The van der Waals surface area contributed by atoms with Gasteiger partial charge < -0.3 is 15.5 Å². The van der Waals surface area contributed by atoms with E-state index in [9.17, 15) is 9.18 Å². The molecule has 0 radical (unpaired) electrons. The molecule has 1 aliphatic rings. The van der Waals surface area contributed by atoms with Crippen molar-refractivity contribution < 1.29 is 9.18 Å². The zero-order valence-electron chi connectivity index (χ0n) is 20.5. The van der Waals surface area contributed by atoms with E-state index in [0.717, 1.165) is 67.5 Å². The highest BCUT2D eigenvalue weighted by Crippen LogP contribution is 2.21. The highest BCUT2D eigenvalue weighted by atomic mass is 19.1. The van der Waals surface area contributed by atoms with Crippen LogP contribution >= 0.6 is 0 Å². The van der Waals surface area contributed by atoms with E-state index in [1.54, 1.807) is 12.1 Å². The summed E-state index contributed by atoms with van der Waals surface area (Å²) in [6.45, 7) is 5.58. The van der Waals surface area contributed by atoms with Gasteiger partial charge in [0.25, 0.3) is 0 Å². The van der Waals surface area contributed by atoms with Crippen LogP contribution in [-0.4, -0.2) is 42.1 Å². The lowest BCUT2D eigenvalue weighted by Gasteiger charge is -2.32. The molecule has 0 saturated carbocycles. The minimum atomic E-state index is -0.229. The SMILES string of the molecule is Cc1cc(NC(=O)NCCN2CCC(Cc3ccccc3)CC2)cc(CCc2ccc(F)cc2)n1. The van der Waals surface area contributed by atoms with Crippen LogP contribution in [0, 0.1) is 18.7 Å². The third-order valence-corrected chi connectivity index (χ3v) is 6.64. The van der Waals surface area contributed by atoms with Crippen molar-refractivity contribution in [1.82, 2.24) is 15.2 Å². The molecule has 3 aromatic rings. The molecule has 4 rings (SSSR count). The first-order chi connectivity index (χ1) is 17.0. The van der Waals surface area contributed by atoms with Gasteiger partial charge in [-0.1, -0.05) is 42.5 Å². The summed E-state index contributed by atoms with van der Waals surface area (Å²) in [7, 11) is 0. The van der Waals surface area contributed by atoms with Crippen molar-refractivity contribution in [2.75, 3.05) is 31.5 Å². The number of aryl methyl sites for hydroxylation is 3. The molecule has 2 amide bonds. The molecule has 1 saturated heterocycles. The first kappa shape index (κ1) is 24.9. The van der Waals surface area contributed by atoms with Crippen LogP contribution in [0.25, 0.3) is 0 Å². The highest BCUT2D eigenvalue weighted by molar-refractivity contribution is 5.89. The van der Waals surface area contributed by atoms with Gasteiger partial charge in [0, 0.05) is 30.2 Å². The maximum absolute atomic E-state index is 13.1. The van der Waals surface area contributed by atoms with E-state index in [1.165, 1.54) is 30.5 Å². The number of hydrogen-bond donors (Lipinski definition) is 2. The maximum Gasteiger partial charge on any atom is 0.319 e. The monoisotopic (exact) mass is 474 g/mol. The van der Waals surface area contributed by atoms with Crippen LogP contribution in [0.5, 0.6) is 0 Å². The van der Waals surface area contributed by atoms with Crippen molar-refractivity contribution in [3.05, 3.63) is 95.1 Å². The van der Waals surface area contributed by atoms with Crippen molar-refractivity contribution in [3.63, 3.8) is 0 Å². The fraction of sp³-hybridized carbons (Fsp3) is 0.379. The Balaban J connectivity index is 1.16. The number of carbonyl (C=O) groups is 1. The van der Waals surface area contributed by atoms with Crippen LogP contribution in [0.2, 0.25) is 0 Å². The topological polar surface area (TPSA) is 57.3 Å². The van der Waals surface area contributed by atoms with Gasteiger partial charge in [0.05, 0.1) is 0 Å². The van der Waals surface area contributed by atoms with Gasteiger partial charge in [-0.3, -0.25) is 4.98 Å². The molecule has 5 nitrogen and oxygen atoms in total. The molecule has 0 aliphatic carbocycles. The molecule has 1 aliphatic heterocycles. The van der Waals surface area contributed by atoms with Gasteiger partial charge in [0.2, 0.25) is 0 Å². The number of likely N-dealkylation sites (tertiary alicyclic amines) is 1. The summed E-state index contributed by atoms with van der Waals surface area (Å²) in [6, 6.07) is 20.9. The highest BCUT2D eigenvalue weighted by Gasteiger charge is 2.19. The second kappa shape index (κ2) is 12.5. The van der Waals surface area contributed by atoms with Crippen LogP contribution in [-0.2, 0) is 19.3 Å². The fourth-order valence-corrected chi connectivity index (χ4v) is 4.73. The van der Waals surface area contributed by atoms with Crippen molar-refractivity contribution in [3.8, 4) is 0 Å². The maximum atomic E-state index is 13.1. The Morgan fingerprint density at radius 1 is 1.00 bits per heavy atom.